The van der Waals surface area contributed by atoms with Gasteiger partial charge >= 0.3 is 0 Å². The zero-order valence-electron chi connectivity index (χ0n) is 6.60. The molecule has 0 aromatic carbocycles. The first-order valence-electron chi connectivity index (χ1n) is 3.80. The van der Waals surface area contributed by atoms with E-state index in [0.29, 0.717) is 6.42 Å². The summed E-state index contributed by atoms with van der Waals surface area (Å²) in [6, 6.07) is 1.94. The van der Waals surface area contributed by atoms with E-state index in [0.717, 1.165) is 0 Å². The third kappa shape index (κ3) is 2.19. The van der Waals surface area contributed by atoms with Gasteiger partial charge in [0, 0.05) is 6.42 Å². The topological polar surface area (TPSA) is 78.2 Å². The number of sulfone groups is 1. The molecule has 5 heteroatoms. The van der Waals surface area contributed by atoms with E-state index in [2.05, 4.69) is 0 Å². The predicted octanol–water partition coefficient (Wildman–Crippen LogP) is -0.304. The van der Waals surface area contributed by atoms with Crippen molar-refractivity contribution in [2.45, 2.75) is 18.9 Å². The van der Waals surface area contributed by atoms with E-state index in [9.17, 15) is 13.5 Å². The molecule has 0 spiro atoms. The van der Waals surface area contributed by atoms with Crippen molar-refractivity contribution >= 4 is 9.84 Å². The van der Waals surface area contributed by atoms with Crippen LogP contribution in [0.3, 0.4) is 0 Å². The molecular weight excluding hydrogens is 178 g/mol. The molecule has 0 aliphatic carbocycles. The summed E-state index contributed by atoms with van der Waals surface area (Å²) < 4.78 is 21.9. The Hall–Kier alpha value is -0.600. The third-order valence-corrected chi connectivity index (χ3v) is 3.83. The second-order valence-electron chi connectivity index (χ2n) is 3.09. The molecule has 1 heterocycles. The molecular formula is C7H11NO3S. The van der Waals surface area contributed by atoms with Gasteiger partial charge < -0.3 is 5.11 Å². The molecule has 0 saturated carbocycles. The van der Waals surface area contributed by atoms with Gasteiger partial charge in [-0.05, 0) is 12.3 Å². The molecule has 1 aliphatic heterocycles. The highest BCUT2D eigenvalue weighted by molar-refractivity contribution is 7.91. The Morgan fingerprint density at radius 2 is 2.25 bits per heavy atom. The lowest BCUT2D eigenvalue weighted by Crippen LogP contribution is -2.36. The van der Waals surface area contributed by atoms with Crippen molar-refractivity contribution < 1.29 is 13.5 Å². The maximum Gasteiger partial charge on any atom is 0.152 e. The molecule has 0 unspecified atom stereocenters. The van der Waals surface area contributed by atoms with Gasteiger partial charge in [0.15, 0.2) is 9.84 Å². The Bertz CT molecular complexity index is 290. The molecule has 1 rings (SSSR count). The smallest absolute Gasteiger partial charge is 0.152 e. The van der Waals surface area contributed by atoms with Crippen LogP contribution >= 0.6 is 0 Å². The maximum absolute atomic E-state index is 11.0. The minimum atomic E-state index is -3.04. The van der Waals surface area contributed by atoms with Gasteiger partial charge in [0.1, 0.15) is 0 Å². The van der Waals surface area contributed by atoms with Crippen LogP contribution < -0.4 is 0 Å². The second-order valence-corrected chi connectivity index (χ2v) is 5.32. The van der Waals surface area contributed by atoms with Crippen molar-refractivity contribution in [2.75, 3.05) is 11.5 Å². The third-order valence-electron chi connectivity index (χ3n) is 2.12. The average molecular weight is 189 g/mol. The summed E-state index contributed by atoms with van der Waals surface area (Å²) >= 11 is 0. The Morgan fingerprint density at radius 3 is 2.75 bits per heavy atom. The highest BCUT2D eigenvalue weighted by Gasteiger charge is 2.31. The minimum absolute atomic E-state index is 0.108. The molecule has 0 aromatic rings. The van der Waals surface area contributed by atoms with Crippen molar-refractivity contribution in [3.05, 3.63) is 0 Å². The van der Waals surface area contributed by atoms with Gasteiger partial charge in [-0.25, -0.2) is 8.42 Å². The van der Waals surface area contributed by atoms with E-state index in [1.807, 2.05) is 6.07 Å². The maximum atomic E-state index is 11.0. The highest BCUT2D eigenvalue weighted by Crippen LogP contribution is 2.21. The Balaban J connectivity index is 2.61. The lowest BCUT2D eigenvalue weighted by atomic mass is 9.97. The number of nitriles is 1. The quantitative estimate of drug-likeness (QED) is 0.614. The van der Waals surface area contributed by atoms with Gasteiger partial charge in [-0.15, -0.1) is 0 Å². The molecule has 4 nitrogen and oxygen atoms in total. The van der Waals surface area contributed by atoms with Crippen molar-refractivity contribution in [3.8, 4) is 6.07 Å². The SMILES string of the molecule is N#CC[C@H]1CCS(=O)(=O)C[C@@H]1O. The predicted molar refractivity (Wildman–Crippen MR) is 43.0 cm³/mol. The molecule has 0 bridgehead atoms. The summed E-state index contributed by atoms with van der Waals surface area (Å²) in [6.07, 6.45) is -0.184. The van der Waals surface area contributed by atoms with Crippen molar-refractivity contribution in [1.82, 2.24) is 0 Å². The van der Waals surface area contributed by atoms with Gasteiger partial charge in [0.2, 0.25) is 0 Å². The van der Waals surface area contributed by atoms with Gasteiger partial charge in [0.25, 0.3) is 0 Å². The fraction of sp³-hybridized carbons (Fsp3) is 0.857. The summed E-state index contributed by atoms with van der Waals surface area (Å²) in [5.41, 5.74) is 0. The standard InChI is InChI=1S/C7H11NO3S/c8-3-1-6-2-4-12(10,11)5-7(6)9/h6-7,9H,1-2,4-5H2/t6-,7-/m0/s1. The van der Waals surface area contributed by atoms with Crippen molar-refractivity contribution in [2.24, 2.45) is 5.92 Å². The van der Waals surface area contributed by atoms with Crippen LogP contribution in [0, 0.1) is 17.2 Å². The number of nitrogens with zero attached hydrogens (tertiary/aromatic N) is 1. The molecule has 0 amide bonds. The Morgan fingerprint density at radius 1 is 1.58 bits per heavy atom. The van der Waals surface area contributed by atoms with Crippen LogP contribution in [0.25, 0.3) is 0 Å². The average Bonchev–Trinajstić information content (AvgIpc) is 1.94. The monoisotopic (exact) mass is 189 g/mol. The summed E-state index contributed by atoms with van der Waals surface area (Å²) in [7, 11) is -3.04. The van der Waals surface area contributed by atoms with E-state index < -0.39 is 15.9 Å². The first-order chi connectivity index (χ1) is 5.55. The zero-order chi connectivity index (χ0) is 9.19. The van der Waals surface area contributed by atoms with Crippen LogP contribution in [0.4, 0.5) is 0 Å². The molecule has 0 radical (unpaired) electrons. The Labute approximate surface area is 71.7 Å². The normalized spacial score (nSPS) is 34.0. The van der Waals surface area contributed by atoms with Crippen LogP contribution in [-0.2, 0) is 9.84 Å². The lowest BCUT2D eigenvalue weighted by Gasteiger charge is -2.25. The van der Waals surface area contributed by atoms with Gasteiger partial charge in [-0.2, -0.15) is 5.26 Å². The van der Waals surface area contributed by atoms with Crippen LogP contribution in [0.5, 0.6) is 0 Å². The van der Waals surface area contributed by atoms with Gasteiger partial charge in [-0.1, -0.05) is 0 Å². The van der Waals surface area contributed by atoms with Crippen LogP contribution in [0.2, 0.25) is 0 Å². The Kier molecular flexibility index (Phi) is 2.70. The summed E-state index contributed by atoms with van der Waals surface area (Å²) in [6.45, 7) is 0. The second kappa shape index (κ2) is 3.42. The number of aliphatic hydroxyl groups excluding tert-OH is 1. The molecule has 1 aliphatic rings. The molecule has 2 atom stereocenters. The van der Waals surface area contributed by atoms with Crippen LogP contribution in [0.1, 0.15) is 12.8 Å². The summed E-state index contributed by atoms with van der Waals surface area (Å²) in [4.78, 5) is 0. The highest BCUT2D eigenvalue weighted by atomic mass is 32.2. The zero-order valence-corrected chi connectivity index (χ0v) is 7.42. The van der Waals surface area contributed by atoms with Gasteiger partial charge in [-0.3, -0.25) is 0 Å². The molecule has 1 N–H and O–H groups in total. The van der Waals surface area contributed by atoms with E-state index in [1.165, 1.54) is 0 Å². The molecule has 0 aromatic heterocycles. The van der Waals surface area contributed by atoms with Crippen molar-refractivity contribution in [3.63, 3.8) is 0 Å². The summed E-state index contributed by atoms with van der Waals surface area (Å²) in [5, 5.41) is 17.7. The first kappa shape index (κ1) is 9.49. The number of hydrogen-bond acceptors (Lipinski definition) is 4. The number of hydrogen-bond donors (Lipinski definition) is 1. The first-order valence-corrected chi connectivity index (χ1v) is 5.63. The minimum Gasteiger partial charge on any atom is -0.392 e. The molecule has 1 saturated heterocycles. The fourth-order valence-electron chi connectivity index (χ4n) is 1.36. The molecule has 68 valence electrons. The molecule has 12 heavy (non-hydrogen) atoms. The number of rotatable bonds is 1. The number of aliphatic hydroxyl groups is 1. The summed E-state index contributed by atoms with van der Waals surface area (Å²) in [5.74, 6) is -0.228. The van der Waals surface area contributed by atoms with E-state index in [1.54, 1.807) is 0 Å². The van der Waals surface area contributed by atoms with Crippen LogP contribution in [-0.4, -0.2) is 31.1 Å². The molecule has 1 fully saturated rings. The fourth-order valence-corrected chi connectivity index (χ4v) is 2.98. The van der Waals surface area contributed by atoms with E-state index >= 15 is 0 Å². The van der Waals surface area contributed by atoms with Crippen LogP contribution in [0.15, 0.2) is 0 Å². The largest absolute Gasteiger partial charge is 0.392 e. The van der Waals surface area contributed by atoms with Gasteiger partial charge in [0.05, 0.1) is 23.7 Å². The van der Waals surface area contributed by atoms with E-state index in [-0.39, 0.29) is 23.8 Å². The lowest BCUT2D eigenvalue weighted by molar-refractivity contribution is 0.123. The van der Waals surface area contributed by atoms with Crippen molar-refractivity contribution in [1.29, 1.82) is 5.26 Å². The van der Waals surface area contributed by atoms with E-state index in [4.69, 9.17) is 5.26 Å².